The van der Waals surface area contributed by atoms with Crippen molar-refractivity contribution in [1.29, 1.82) is 0 Å². The molecule has 2 rings (SSSR count). The molecule has 0 fully saturated rings. The smallest absolute Gasteiger partial charge is 0.234 e. The summed E-state index contributed by atoms with van der Waals surface area (Å²) >= 11 is 0.964. The van der Waals surface area contributed by atoms with Crippen LogP contribution in [0.5, 0.6) is 0 Å². The molecule has 2 aromatic carbocycles. The zero-order valence-electron chi connectivity index (χ0n) is 10.5. The second kappa shape index (κ2) is 6.62. The van der Waals surface area contributed by atoms with E-state index < -0.39 is 29.2 Å². The lowest BCUT2D eigenvalue weighted by Gasteiger charge is -2.06. The van der Waals surface area contributed by atoms with Gasteiger partial charge in [0.1, 0.15) is 11.6 Å². The van der Waals surface area contributed by atoms with Crippen LogP contribution in [-0.2, 0) is 4.79 Å². The van der Waals surface area contributed by atoms with Crippen LogP contribution < -0.4 is 5.32 Å². The molecule has 110 valence electrons. The molecule has 0 radical (unpaired) electrons. The maximum atomic E-state index is 13.3. The van der Waals surface area contributed by atoms with Crippen LogP contribution in [0, 0.1) is 23.3 Å². The Hall–Kier alpha value is -2.02. The van der Waals surface area contributed by atoms with Gasteiger partial charge in [0.2, 0.25) is 5.91 Å². The van der Waals surface area contributed by atoms with Crippen LogP contribution in [0.15, 0.2) is 41.3 Å². The minimum atomic E-state index is -1.01. The Kier molecular flexibility index (Phi) is 4.85. The monoisotopic (exact) mass is 315 g/mol. The number of halogens is 4. The maximum Gasteiger partial charge on any atom is 0.234 e. The van der Waals surface area contributed by atoms with Gasteiger partial charge >= 0.3 is 0 Å². The largest absolute Gasteiger partial charge is 0.323 e. The van der Waals surface area contributed by atoms with Gasteiger partial charge < -0.3 is 5.32 Å². The predicted octanol–water partition coefficient (Wildman–Crippen LogP) is 3.97. The van der Waals surface area contributed by atoms with E-state index in [2.05, 4.69) is 5.32 Å². The lowest BCUT2D eigenvalue weighted by atomic mass is 10.3. The van der Waals surface area contributed by atoms with E-state index in [0.717, 1.165) is 36.0 Å². The van der Waals surface area contributed by atoms with E-state index in [9.17, 15) is 22.4 Å². The number of carbonyl (C=O) groups excluding carboxylic acids is 1. The predicted molar refractivity (Wildman–Crippen MR) is 72.1 cm³/mol. The number of amides is 1. The fraction of sp³-hybridized carbons (Fsp3) is 0.0714. The van der Waals surface area contributed by atoms with Gasteiger partial charge in [0, 0.05) is 11.0 Å². The second-order valence-electron chi connectivity index (χ2n) is 4.04. The third kappa shape index (κ3) is 4.22. The summed E-state index contributed by atoms with van der Waals surface area (Å²) in [4.78, 5) is 12.0. The number of hydrogen-bond acceptors (Lipinski definition) is 2. The molecule has 0 saturated carbocycles. The van der Waals surface area contributed by atoms with Crippen LogP contribution in [0.1, 0.15) is 0 Å². The van der Waals surface area contributed by atoms with Crippen molar-refractivity contribution < 1.29 is 22.4 Å². The average Bonchev–Trinajstić information content (AvgIpc) is 2.43. The third-order valence-electron chi connectivity index (χ3n) is 2.47. The minimum Gasteiger partial charge on any atom is -0.323 e. The molecule has 7 heteroatoms. The summed E-state index contributed by atoms with van der Waals surface area (Å²) in [6.07, 6.45) is 0. The van der Waals surface area contributed by atoms with E-state index in [-0.39, 0.29) is 11.4 Å². The van der Waals surface area contributed by atoms with Gasteiger partial charge in [-0.05, 0) is 30.3 Å². The van der Waals surface area contributed by atoms with Crippen LogP contribution in [0.2, 0.25) is 0 Å². The Labute approximate surface area is 122 Å². The fourth-order valence-corrected chi connectivity index (χ4v) is 2.21. The molecule has 0 aliphatic rings. The van der Waals surface area contributed by atoms with Gasteiger partial charge in [-0.15, -0.1) is 11.8 Å². The highest BCUT2D eigenvalue weighted by molar-refractivity contribution is 8.00. The van der Waals surface area contributed by atoms with Crippen molar-refractivity contribution in [2.75, 3.05) is 11.1 Å². The molecule has 0 unspecified atom stereocenters. The number of nitrogens with one attached hydrogen (secondary N) is 1. The molecule has 0 bridgehead atoms. The molecule has 0 aromatic heterocycles. The molecule has 21 heavy (non-hydrogen) atoms. The normalized spacial score (nSPS) is 10.5. The first-order valence-corrected chi connectivity index (χ1v) is 6.77. The maximum absolute atomic E-state index is 13.3. The van der Waals surface area contributed by atoms with Crippen LogP contribution in [-0.4, -0.2) is 11.7 Å². The van der Waals surface area contributed by atoms with Gasteiger partial charge in [-0.1, -0.05) is 0 Å². The highest BCUT2D eigenvalue weighted by Crippen LogP contribution is 2.21. The first-order valence-electron chi connectivity index (χ1n) is 5.78. The van der Waals surface area contributed by atoms with E-state index in [0.29, 0.717) is 11.0 Å². The molecule has 0 aliphatic carbocycles. The average molecular weight is 315 g/mol. The molecule has 2 aromatic rings. The number of carbonyl (C=O) groups is 1. The lowest BCUT2D eigenvalue weighted by Crippen LogP contribution is -2.15. The van der Waals surface area contributed by atoms with Crippen molar-refractivity contribution in [3.63, 3.8) is 0 Å². The zero-order chi connectivity index (χ0) is 15.4. The molecule has 0 aliphatic heterocycles. The van der Waals surface area contributed by atoms with E-state index in [1.807, 2.05) is 0 Å². The van der Waals surface area contributed by atoms with E-state index in [4.69, 9.17) is 0 Å². The Morgan fingerprint density at radius 2 is 1.71 bits per heavy atom. The topological polar surface area (TPSA) is 29.1 Å². The summed E-state index contributed by atoms with van der Waals surface area (Å²) < 4.78 is 51.7. The summed E-state index contributed by atoms with van der Waals surface area (Å²) in [5, 5.41) is 2.26. The molecular weight excluding hydrogens is 306 g/mol. The van der Waals surface area contributed by atoms with Gasteiger partial charge in [-0.2, -0.15) is 0 Å². The van der Waals surface area contributed by atoms with Crippen molar-refractivity contribution >= 4 is 23.4 Å². The quantitative estimate of drug-likeness (QED) is 0.683. The Bertz CT molecular complexity index is 678. The number of hydrogen-bond donors (Lipinski definition) is 1. The van der Waals surface area contributed by atoms with Crippen molar-refractivity contribution in [3.05, 3.63) is 59.7 Å². The SMILES string of the molecule is O=C(CSc1ccc(F)c(F)c1)Nc1ccc(F)cc1F. The van der Waals surface area contributed by atoms with Gasteiger partial charge in [0.15, 0.2) is 11.6 Å². The lowest BCUT2D eigenvalue weighted by molar-refractivity contribution is -0.113. The van der Waals surface area contributed by atoms with Crippen molar-refractivity contribution in [3.8, 4) is 0 Å². The van der Waals surface area contributed by atoms with Gasteiger partial charge in [0.25, 0.3) is 0 Å². The first kappa shape index (κ1) is 15.4. The van der Waals surface area contributed by atoms with Crippen LogP contribution in [0.3, 0.4) is 0 Å². The zero-order valence-corrected chi connectivity index (χ0v) is 11.3. The summed E-state index contributed by atoms with van der Waals surface area (Å²) in [5.41, 5.74) is -0.146. The van der Waals surface area contributed by atoms with Crippen molar-refractivity contribution in [1.82, 2.24) is 0 Å². The summed E-state index contributed by atoms with van der Waals surface area (Å²) in [6, 6.07) is 6.01. The summed E-state index contributed by atoms with van der Waals surface area (Å²) in [6.45, 7) is 0. The number of thioether (sulfide) groups is 1. The number of rotatable bonds is 4. The molecule has 0 saturated heterocycles. The molecular formula is C14H9F4NOS. The van der Waals surface area contributed by atoms with E-state index in [1.54, 1.807) is 0 Å². The Balaban J connectivity index is 1.94. The fourth-order valence-electron chi connectivity index (χ4n) is 1.49. The molecule has 0 heterocycles. The molecule has 0 atom stereocenters. The molecule has 2 nitrogen and oxygen atoms in total. The summed E-state index contributed by atoms with van der Waals surface area (Å²) in [7, 11) is 0. The highest BCUT2D eigenvalue weighted by atomic mass is 32.2. The third-order valence-corrected chi connectivity index (χ3v) is 3.46. The molecule has 0 spiro atoms. The minimum absolute atomic E-state index is 0.123. The van der Waals surface area contributed by atoms with Gasteiger partial charge in [-0.25, -0.2) is 17.6 Å². The summed E-state index contributed by atoms with van der Waals surface area (Å²) in [5.74, 6) is -4.29. The molecule has 1 amide bonds. The second-order valence-corrected chi connectivity index (χ2v) is 5.09. The van der Waals surface area contributed by atoms with E-state index >= 15 is 0 Å². The Morgan fingerprint density at radius 1 is 0.952 bits per heavy atom. The van der Waals surface area contributed by atoms with Crippen LogP contribution in [0.25, 0.3) is 0 Å². The van der Waals surface area contributed by atoms with Crippen LogP contribution >= 0.6 is 11.8 Å². The standard InChI is InChI=1S/C14H9F4NOS/c15-8-1-4-13(12(18)5-8)19-14(20)7-21-9-2-3-10(16)11(17)6-9/h1-6H,7H2,(H,19,20). The van der Waals surface area contributed by atoms with E-state index in [1.165, 1.54) is 6.07 Å². The first-order chi connectivity index (χ1) is 9.95. The van der Waals surface area contributed by atoms with Crippen molar-refractivity contribution in [2.24, 2.45) is 0 Å². The Morgan fingerprint density at radius 3 is 2.38 bits per heavy atom. The molecule has 1 N–H and O–H groups in total. The van der Waals surface area contributed by atoms with Gasteiger partial charge in [0.05, 0.1) is 11.4 Å². The number of anilines is 1. The van der Waals surface area contributed by atoms with Gasteiger partial charge in [-0.3, -0.25) is 4.79 Å². The van der Waals surface area contributed by atoms with Crippen molar-refractivity contribution in [2.45, 2.75) is 4.90 Å². The number of benzene rings is 2. The highest BCUT2D eigenvalue weighted by Gasteiger charge is 2.09. The van der Waals surface area contributed by atoms with Crippen LogP contribution in [0.4, 0.5) is 23.2 Å².